The number of phenolic OH excluding ortho intramolecular Hbond substituents is 1. The van der Waals surface area contributed by atoms with Crippen molar-refractivity contribution in [3.8, 4) is 33.8 Å². The third-order valence-electron chi connectivity index (χ3n) is 3.65. The number of nitrogens with two attached hydrogens (primary N) is 1. The molecule has 3 N–H and O–H groups in total. The molecule has 3 aromatic carbocycles. The van der Waals surface area contributed by atoms with E-state index in [1.165, 1.54) is 0 Å². The van der Waals surface area contributed by atoms with Crippen molar-refractivity contribution in [2.75, 3.05) is 6.54 Å². The van der Waals surface area contributed by atoms with Crippen molar-refractivity contribution < 1.29 is 14.6 Å². The number of hydrogen-bond acceptors (Lipinski definition) is 4. The van der Waals surface area contributed by atoms with Gasteiger partial charge in [-0.05, 0) is 23.3 Å². The number of ether oxygens (including phenoxy) is 1. The second kappa shape index (κ2) is 6.98. The molecule has 120 valence electrons. The van der Waals surface area contributed by atoms with Crippen LogP contribution in [-0.4, -0.2) is 17.6 Å². The summed E-state index contributed by atoms with van der Waals surface area (Å²) in [5.74, 6) is -0.0420. The van der Waals surface area contributed by atoms with Crippen LogP contribution in [0.4, 0.5) is 0 Å². The van der Waals surface area contributed by atoms with E-state index in [-0.39, 0.29) is 12.3 Å². The average molecular weight is 319 g/mol. The zero-order valence-corrected chi connectivity index (χ0v) is 13.0. The van der Waals surface area contributed by atoms with Crippen LogP contribution in [0.3, 0.4) is 0 Å². The summed E-state index contributed by atoms with van der Waals surface area (Å²) in [6.45, 7) is -0.206. The minimum absolute atomic E-state index is 0.139. The molecule has 0 atom stereocenters. The molecule has 24 heavy (non-hydrogen) atoms. The van der Waals surface area contributed by atoms with Crippen LogP contribution in [0.1, 0.15) is 0 Å². The highest BCUT2D eigenvalue weighted by Gasteiger charge is 2.15. The van der Waals surface area contributed by atoms with E-state index >= 15 is 0 Å². The third kappa shape index (κ3) is 3.29. The van der Waals surface area contributed by atoms with Crippen molar-refractivity contribution in [1.82, 2.24) is 0 Å². The van der Waals surface area contributed by atoms with Gasteiger partial charge in [0.15, 0.2) is 0 Å². The van der Waals surface area contributed by atoms with Crippen LogP contribution in [0.15, 0.2) is 72.8 Å². The van der Waals surface area contributed by atoms with E-state index in [9.17, 15) is 9.90 Å². The summed E-state index contributed by atoms with van der Waals surface area (Å²) in [5.41, 5.74) is 8.18. The minimum Gasteiger partial charge on any atom is -0.507 e. The number of benzene rings is 3. The Morgan fingerprint density at radius 1 is 0.875 bits per heavy atom. The van der Waals surface area contributed by atoms with Crippen molar-refractivity contribution in [1.29, 1.82) is 0 Å². The van der Waals surface area contributed by atoms with Gasteiger partial charge in [0, 0.05) is 11.1 Å². The predicted octanol–water partition coefficient (Wildman–Crippen LogP) is 3.59. The van der Waals surface area contributed by atoms with Gasteiger partial charge < -0.3 is 15.6 Å². The summed E-state index contributed by atoms with van der Waals surface area (Å²) in [6, 6.07) is 22.2. The zero-order valence-electron chi connectivity index (χ0n) is 13.0. The Bertz CT molecular complexity index is 785. The van der Waals surface area contributed by atoms with Gasteiger partial charge in [0.05, 0.1) is 6.54 Å². The maximum atomic E-state index is 11.6. The monoisotopic (exact) mass is 319 g/mol. The first-order valence-corrected chi connectivity index (χ1v) is 7.57. The highest BCUT2D eigenvalue weighted by Crippen LogP contribution is 2.41. The summed E-state index contributed by atoms with van der Waals surface area (Å²) in [5, 5.41) is 10.7. The Morgan fingerprint density at radius 3 is 1.75 bits per heavy atom. The van der Waals surface area contributed by atoms with Crippen LogP contribution in [0, 0.1) is 0 Å². The third-order valence-corrected chi connectivity index (χ3v) is 3.65. The van der Waals surface area contributed by atoms with Crippen molar-refractivity contribution in [3.63, 3.8) is 0 Å². The Balaban J connectivity index is 2.18. The van der Waals surface area contributed by atoms with Crippen LogP contribution in [0.25, 0.3) is 22.3 Å². The summed E-state index contributed by atoms with van der Waals surface area (Å²) >= 11 is 0. The van der Waals surface area contributed by atoms with Gasteiger partial charge in [-0.3, -0.25) is 4.79 Å². The van der Waals surface area contributed by atoms with E-state index in [0.29, 0.717) is 16.9 Å². The molecule has 3 rings (SSSR count). The lowest BCUT2D eigenvalue weighted by Gasteiger charge is -2.13. The number of carbonyl (C=O) groups excluding carboxylic acids is 1. The van der Waals surface area contributed by atoms with Gasteiger partial charge in [-0.15, -0.1) is 0 Å². The van der Waals surface area contributed by atoms with Gasteiger partial charge in [0.2, 0.25) is 0 Å². The zero-order chi connectivity index (χ0) is 16.9. The smallest absolute Gasteiger partial charge is 0.325 e. The molecular formula is C20H17NO3. The van der Waals surface area contributed by atoms with E-state index in [2.05, 4.69) is 0 Å². The molecule has 0 saturated carbocycles. The van der Waals surface area contributed by atoms with Crippen LogP contribution in [0.2, 0.25) is 0 Å². The van der Waals surface area contributed by atoms with Gasteiger partial charge in [0.1, 0.15) is 11.5 Å². The van der Waals surface area contributed by atoms with E-state index in [1.807, 2.05) is 60.7 Å². The largest absolute Gasteiger partial charge is 0.507 e. The van der Waals surface area contributed by atoms with Crippen molar-refractivity contribution >= 4 is 5.97 Å². The molecule has 0 spiro atoms. The van der Waals surface area contributed by atoms with Crippen molar-refractivity contribution in [3.05, 3.63) is 72.8 Å². The lowest BCUT2D eigenvalue weighted by molar-refractivity contribution is -0.132. The molecule has 0 aliphatic heterocycles. The van der Waals surface area contributed by atoms with Crippen molar-refractivity contribution in [2.45, 2.75) is 0 Å². The molecule has 0 fully saturated rings. The molecule has 0 aliphatic rings. The fourth-order valence-electron chi connectivity index (χ4n) is 2.52. The van der Waals surface area contributed by atoms with Gasteiger partial charge in [-0.25, -0.2) is 0 Å². The topological polar surface area (TPSA) is 72.6 Å². The van der Waals surface area contributed by atoms with Crippen LogP contribution < -0.4 is 10.5 Å². The lowest BCUT2D eigenvalue weighted by Crippen LogP contribution is -2.19. The summed E-state index contributed by atoms with van der Waals surface area (Å²) in [4.78, 5) is 11.6. The number of phenols is 1. The molecule has 0 aliphatic carbocycles. The number of carbonyl (C=O) groups is 1. The van der Waals surface area contributed by atoms with Gasteiger partial charge in [-0.2, -0.15) is 0 Å². The molecule has 0 heterocycles. The first-order chi connectivity index (χ1) is 11.7. The highest BCUT2D eigenvalue weighted by atomic mass is 16.5. The van der Waals surface area contributed by atoms with Gasteiger partial charge >= 0.3 is 5.97 Å². The lowest BCUT2D eigenvalue weighted by atomic mass is 9.97. The molecule has 4 nitrogen and oxygen atoms in total. The average Bonchev–Trinajstić information content (AvgIpc) is 2.64. The Hall–Kier alpha value is -3.11. The van der Waals surface area contributed by atoms with Crippen LogP contribution >= 0.6 is 0 Å². The van der Waals surface area contributed by atoms with Crippen LogP contribution in [0.5, 0.6) is 11.5 Å². The van der Waals surface area contributed by atoms with E-state index in [0.717, 1.165) is 11.1 Å². The van der Waals surface area contributed by atoms with Crippen molar-refractivity contribution in [2.24, 2.45) is 5.73 Å². The maximum absolute atomic E-state index is 11.6. The molecule has 0 bridgehead atoms. The minimum atomic E-state index is -0.529. The SMILES string of the molecule is NCC(=O)Oc1cc(-c2ccccc2)c(O)c(-c2ccccc2)c1. The second-order valence-electron chi connectivity index (χ2n) is 5.28. The second-order valence-corrected chi connectivity index (χ2v) is 5.28. The van der Waals surface area contributed by atoms with E-state index in [4.69, 9.17) is 10.5 Å². The Morgan fingerprint density at radius 2 is 1.33 bits per heavy atom. The first kappa shape index (κ1) is 15.8. The quantitative estimate of drug-likeness (QED) is 0.569. The first-order valence-electron chi connectivity index (χ1n) is 7.57. The van der Waals surface area contributed by atoms with Gasteiger partial charge in [-0.1, -0.05) is 60.7 Å². The number of aromatic hydroxyl groups is 1. The molecular weight excluding hydrogens is 302 g/mol. The summed E-state index contributed by atoms with van der Waals surface area (Å²) in [6.07, 6.45) is 0. The molecule has 0 saturated heterocycles. The number of hydrogen-bond donors (Lipinski definition) is 2. The molecule has 0 unspecified atom stereocenters. The van der Waals surface area contributed by atoms with E-state index < -0.39 is 5.97 Å². The Kier molecular flexibility index (Phi) is 4.59. The summed E-state index contributed by atoms with van der Waals surface area (Å²) in [7, 11) is 0. The normalized spacial score (nSPS) is 10.4. The van der Waals surface area contributed by atoms with Gasteiger partial charge in [0.25, 0.3) is 0 Å². The Labute approximate surface area is 140 Å². The standard InChI is InChI=1S/C20H17NO3/c21-13-19(22)24-16-11-17(14-7-3-1-4-8-14)20(23)18(12-16)15-9-5-2-6-10-15/h1-12,23H,13,21H2. The fourth-order valence-corrected chi connectivity index (χ4v) is 2.52. The fraction of sp³-hybridized carbons (Fsp3) is 0.0500. The molecule has 0 amide bonds. The van der Waals surface area contributed by atoms with E-state index in [1.54, 1.807) is 12.1 Å². The molecule has 0 aromatic heterocycles. The number of rotatable bonds is 4. The molecule has 4 heteroatoms. The van der Waals surface area contributed by atoms with Crippen LogP contribution in [-0.2, 0) is 4.79 Å². The predicted molar refractivity (Wildman–Crippen MR) is 93.7 cm³/mol. The highest BCUT2D eigenvalue weighted by molar-refractivity contribution is 5.85. The number of esters is 1. The molecule has 3 aromatic rings. The molecule has 0 radical (unpaired) electrons. The summed E-state index contributed by atoms with van der Waals surface area (Å²) < 4.78 is 5.27. The maximum Gasteiger partial charge on any atom is 0.325 e.